The number of rotatable bonds is 2. The molecule has 1 aromatic carbocycles. The summed E-state index contributed by atoms with van der Waals surface area (Å²) in [6.07, 6.45) is 0.887. The van der Waals surface area contributed by atoms with E-state index in [4.69, 9.17) is 0 Å². The monoisotopic (exact) mass is 212 g/mol. The van der Waals surface area contributed by atoms with Crippen molar-refractivity contribution in [1.82, 2.24) is 10.9 Å². The van der Waals surface area contributed by atoms with E-state index in [9.17, 15) is 8.78 Å². The van der Waals surface area contributed by atoms with Gasteiger partial charge >= 0.3 is 0 Å². The number of halogens is 2. The van der Waals surface area contributed by atoms with E-state index in [1.165, 1.54) is 18.2 Å². The maximum atomic E-state index is 13.5. The van der Waals surface area contributed by atoms with E-state index in [1.807, 2.05) is 6.92 Å². The molecule has 1 aromatic rings. The third-order valence-electron chi connectivity index (χ3n) is 2.93. The van der Waals surface area contributed by atoms with Crippen molar-refractivity contribution in [2.45, 2.75) is 19.4 Å². The van der Waals surface area contributed by atoms with Crippen LogP contribution in [0.2, 0.25) is 0 Å². The molecule has 0 aromatic heterocycles. The molecule has 1 saturated heterocycles. The van der Waals surface area contributed by atoms with Gasteiger partial charge in [0.1, 0.15) is 11.6 Å². The first-order valence-corrected chi connectivity index (χ1v) is 5.16. The highest BCUT2D eigenvalue weighted by Crippen LogP contribution is 2.30. The summed E-state index contributed by atoms with van der Waals surface area (Å²) in [7, 11) is 0. The normalized spacial score (nSPS) is 25.8. The summed E-state index contributed by atoms with van der Waals surface area (Å²) in [5.41, 5.74) is 6.02. The summed E-state index contributed by atoms with van der Waals surface area (Å²) in [6.45, 7) is 2.76. The van der Waals surface area contributed by atoms with Crippen molar-refractivity contribution < 1.29 is 8.78 Å². The predicted molar refractivity (Wildman–Crippen MR) is 54.0 cm³/mol. The van der Waals surface area contributed by atoms with Crippen molar-refractivity contribution in [3.8, 4) is 0 Å². The summed E-state index contributed by atoms with van der Waals surface area (Å²) >= 11 is 0. The lowest BCUT2D eigenvalue weighted by Gasteiger charge is -2.18. The topological polar surface area (TPSA) is 24.1 Å². The van der Waals surface area contributed by atoms with Crippen molar-refractivity contribution in [2.75, 3.05) is 6.54 Å². The van der Waals surface area contributed by atoms with Crippen molar-refractivity contribution in [1.29, 1.82) is 0 Å². The summed E-state index contributed by atoms with van der Waals surface area (Å²) in [6, 6.07) is 3.71. The maximum Gasteiger partial charge on any atom is 0.130 e. The summed E-state index contributed by atoms with van der Waals surface area (Å²) in [5, 5.41) is 0. The molecule has 2 N–H and O–H groups in total. The van der Waals surface area contributed by atoms with Gasteiger partial charge in [-0.2, -0.15) is 0 Å². The van der Waals surface area contributed by atoms with Crippen LogP contribution in [0.25, 0.3) is 0 Å². The average molecular weight is 212 g/mol. The van der Waals surface area contributed by atoms with Gasteiger partial charge < -0.3 is 0 Å². The van der Waals surface area contributed by atoms with Gasteiger partial charge in [-0.1, -0.05) is 19.4 Å². The Hall–Kier alpha value is -1.00. The molecule has 2 atom stereocenters. The van der Waals surface area contributed by atoms with Crippen LogP contribution in [0.4, 0.5) is 8.78 Å². The highest BCUT2D eigenvalue weighted by molar-refractivity contribution is 5.24. The van der Waals surface area contributed by atoms with Crippen molar-refractivity contribution in [2.24, 2.45) is 5.92 Å². The second-order valence-corrected chi connectivity index (χ2v) is 3.81. The van der Waals surface area contributed by atoms with Gasteiger partial charge in [-0.15, -0.1) is 0 Å². The van der Waals surface area contributed by atoms with Crippen molar-refractivity contribution in [3.63, 3.8) is 0 Å². The molecular weight excluding hydrogens is 198 g/mol. The molecule has 0 saturated carbocycles. The zero-order valence-corrected chi connectivity index (χ0v) is 8.56. The van der Waals surface area contributed by atoms with Gasteiger partial charge in [-0.25, -0.2) is 14.2 Å². The molecule has 2 unspecified atom stereocenters. The molecule has 0 spiro atoms. The predicted octanol–water partition coefficient (Wildman–Crippen LogP) is 2.14. The molecule has 1 aliphatic heterocycles. The first-order valence-electron chi connectivity index (χ1n) is 5.16. The van der Waals surface area contributed by atoms with Gasteiger partial charge in [0, 0.05) is 12.1 Å². The minimum atomic E-state index is -0.477. The second kappa shape index (κ2) is 4.24. The van der Waals surface area contributed by atoms with Crippen LogP contribution in [-0.2, 0) is 0 Å². The van der Waals surface area contributed by atoms with Crippen molar-refractivity contribution in [3.05, 3.63) is 35.4 Å². The Kier molecular flexibility index (Phi) is 2.98. The van der Waals surface area contributed by atoms with Crippen LogP contribution in [0.3, 0.4) is 0 Å². The highest BCUT2D eigenvalue weighted by Gasteiger charge is 2.30. The standard InChI is InChI=1S/C11H14F2N2/c1-2-7-6-14-15-11(7)10-8(12)4-3-5-9(10)13/h3-5,7,11,14-15H,2,6H2,1H3. The molecule has 0 bridgehead atoms. The SMILES string of the molecule is CCC1CNNC1c1c(F)cccc1F. The molecule has 0 amide bonds. The average Bonchev–Trinajstić information content (AvgIpc) is 2.65. The fraction of sp³-hybridized carbons (Fsp3) is 0.455. The lowest BCUT2D eigenvalue weighted by molar-refractivity contribution is 0.420. The van der Waals surface area contributed by atoms with Gasteiger partial charge in [0.15, 0.2) is 0 Å². The molecule has 82 valence electrons. The van der Waals surface area contributed by atoms with Gasteiger partial charge in [-0.05, 0) is 18.1 Å². The zero-order valence-electron chi connectivity index (χ0n) is 8.56. The van der Waals surface area contributed by atoms with E-state index < -0.39 is 11.6 Å². The molecule has 15 heavy (non-hydrogen) atoms. The molecule has 0 radical (unpaired) electrons. The number of hydrogen-bond donors (Lipinski definition) is 2. The Morgan fingerprint density at radius 3 is 2.60 bits per heavy atom. The Labute approximate surface area is 87.7 Å². The minimum absolute atomic E-state index is 0.148. The van der Waals surface area contributed by atoms with Crippen LogP contribution >= 0.6 is 0 Å². The van der Waals surface area contributed by atoms with Crippen LogP contribution in [0.1, 0.15) is 24.9 Å². The third kappa shape index (κ3) is 1.87. The number of hydrazine groups is 1. The maximum absolute atomic E-state index is 13.5. The van der Waals surface area contributed by atoms with Gasteiger partial charge in [0.25, 0.3) is 0 Å². The van der Waals surface area contributed by atoms with E-state index >= 15 is 0 Å². The molecular formula is C11H14F2N2. The molecule has 2 rings (SSSR count). The first kappa shape index (κ1) is 10.5. The largest absolute Gasteiger partial charge is 0.257 e. The Morgan fingerprint density at radius 1 is 1.33 bits per heavy atom. The van der Waals surface area contributed by atoms with Crippen molar-refractivity contribution >= 4 is 0 Å². The van der Waals surface area contributed by atoms with Gasteiger partial charge in [-0.3, -0.25) is 5.43 Å². The van der Waals surface area contributed by atoms with Gasteiger partial charge in [0.05, 0.1) is 6.04 Å². The third-order valence-corrected chi connectivity index (χ3v) is 2.93. The fourth-order valence-electron chi connectivity index (χ4n) is 2.03. The molecule has 1 heterocycles. The van der Waals surface area contributed by atoms with Crippen LogP contribution < -0.4 is 10.9 Å². The summed E-state index contributed by atoms with van der Waals surface area (Å²) in [4.78, 5) is 0. The van der Waals surface area contributed by atoms with Crippen LogP contribution in [-0.4, -0.2) is 6.54 Å². The fourth-order valence-corrected chi connectivity index (χ4v) is 2.03. The van der Waals surface area contributed by atoms with E-state index in [-0.39, 0.29) is 17.5 Å². The Bertz CT molecular complexity index is 334. The number of benzene rings is 1. The molecule has 1 fully saturated rings. The highest BCUT2D eigenvalue weighted by atomic mass is 19.1. The molecule has 4 heteroatoms. The summed E-state index contributed by atoms with van der Waals surface area (Å²) in [5.74, 6) is -0.722. The smallest absolute Gasteiger partial charge is 0.130 e. The number of nitrogens with one attached hydrogen (secondary N) is 2. The summed E-state index contributed by atoms with van der Waals surface area (Å²) < 4.78 is 27.0. The van der Waals surface area contributed by atoms with Crippen LogP contribution in [0, 0.1) is 17.6 Å². The van der Waals surface area contributed by atoms with E-state index in [0.717, 1.165) is 13.0 Å². The quantitative estimate of drug-likeness (QED) is 0.784. The molecule has 0 aliphatic carbocycles. The Balaban J connectivity index is 2.36. The van der Waals surface area contributed by atoms with E-state index in [0.29, 0.717) is 0 Å². The lowest BCUT2D eigenvalue weighted by atomic mass is 9.92. The van der Waals surface area contributed by atoms with Gasteiger partial charge in [0.2, 0.25) is 0 Å². The molecule has 2 nitrogen and oxygen atoms in total. The van der Waals surface area contributed by atoms with Crippen LogP contribution in [0.15, 0.2) is 18.2 Å². The first-order chi connectivity index (χ1) is 7.24. The molecule has 1 aliphatic rings. The zero-order chi connectivity index (χ0) is 10.8. The minimum Gasteiger partial charge on any atom is -0.257 e. The number of hydrogen-bond acceptors (Lipinski definition) is 2. The van der Waals surface area contributed by atoms with E-state index in [2.05, 4.69) is 10.9 Å². The Morgan fingerprint density at radius 2 is 2.00 bits per heavy atom. The van der Waals surface area contributed by atoms with E-state index in [1.54, 1.807) is 0 Å². The second-order valence-electron chi connectivity index (χ2n) is 3.81. The van der Waals surface area contributed by atoms with Crippen LogP contribution in [0.5, 0.6) is 0 Å². The lowest BCUT2D eigenvalue weighted by Crippen LogP contribution is -2.26.